The number of benzene rings is 1. The summed E-state index contributed by atoms with van der Waals surface area (Å²) in [6, 6.07) is 2.58. The Kier molecular flexibility index (Phi) is 4.45. The van der Waals surface area contributed by atoms with Crippen LogP contribution >= 0.6 is 0 Å². The van der Waals surface area contributed by atoms with Crippen molar-refractivity contribution in [3.63, 3.8) is 0 Å². The molecule has 1 amide bonds. The van der Waals surface area contributed by atoms with E-state index in [-0.39, 0.29) is 19.2 Å². The van der Waals surface area contributed by atoms with Gasteiger partial charge in [-0.25, -0.2) is 0 Å². The lowest BCUT2D eigenvalue weighted by Crippen LogP contribution is -2.31. The summed E-state index contributed by atoms with van der Waals surface area (Å²) in [4.78, 5) is 13.8. The molecule has 0 bridgehead atoms. The summed E-state index contributed by atoms with van der Waals surface area (Å²) in [5.41, 5.74) is -2.98. The molecular formula is C16H13F6N3O. The molecule has 0 spiro atoms. The summed E-state index contributed by atoms with van der Waals surface area (Å²) in [7, 11) is 0. The molecule has 0 saturated carbocycles. The molecule has 0 unspecified atom stereocenters. The zero-order chi connectivity index (χ0) is 19.1. The molecule has 4 nitrogen and oxygen atoms in total. The third-order valence-electron chi connectivity index (χ3n) is 4.08. The van der Waals surface area contributed by atoms with Gasteiger partial charge in [0.25, 0.3) is 5.91 Å². The first-order valence-electron chi connectivity index (χ1n) is 7.65. The van der Waals surface area contributed by atoms with Crippen molar-refractivity contribution in [1.29, 1.82) is 0 Å². The van der Waals surface area contributed by atoms with Crippen LogP contribution in [0.2, 0.25) is 0 Å². The van der Waals surface area contributed by atoms with Gasteiger partial charge < -0.3 is 4.90 Å². The monoisotopic (exact) mass is 377 g/mol. The van der Waals surface area contributed by atoms with E-state index in [0.29, 0.717) is 30.8 Å². The number of hydrogen-bond donors (Lipinski definition) is 0. The molecule has 3 rings (SSSR count). The Morgan fingerprint density at radius 1 is 0.962 bits per heavy atom. The first-order chi connectivity index (χ1) is 12.1. The van der Waals surface area contributed by atoms with Crippen molar-refractivity contribution in [2.45, 2.75) is 31.9 Å². The molecule has 1 aliphatic heterocycles. The van der Waals surface area contributed by atoms with Gasteiger partial charge in [0, 0.05) is 24.8 Å². The average Bonchev–Trinajstić information content (AvgIpc) is 2.89. The van der Waals surface area contributed by atoms with Crippen molar-refractivity contribution in [1.82, 2.24) is 14.7 Å². The maximum atomic E-state index is 13.0. The highest BCUT2D eigenvalue weighted by Gasteiger charge is 2.38. The molecule has 26 heavy (non-hydrogen) atoms. The van der Waals surface area contributed by atoms with Crippen molar-refractivity contribution < 1.29 is 31.1 Å². The number of fused-ring (bicyclic) bond motifs is 1. The number of carbonyl (C=O) groups excluding carboxylic acids is 1. The molecule has 2 aromatic rings. The molecule has 1 aromatic carbocycles. The third-order valence-corrected chi connectivity index (χ3v) is 4.08. The van der Waals surface area contributed by atoms with E-state index in [1.807, 2.05) is 0 Å². The average molecular weight is 377 g/mol. The summed E-state index contributed by atoms with van der Waals surface area (Å²) in [5, 5.41) is 4.06. The summed E-state index contributed by atoms with van der Waals surface area (Å²) in [5.74, 6) is -0.878. The third kappa shape index (κ3) is 3.68. The largest absolute Gasteiger partial charge is 0.416 e. The van der Waals surface area contributed by atoms with Crippen LogP contribution in [0.3, 0.4) is 0 Å². The number of carbonyl (C=O) groups is 1. The van der Waals surface area contributed by atoms with E-state index in [1.165, 1.54) is 11.1 Å². The molecule has 0 atom stereocenters. The second-order valence-electron chi connectivity index (χ2n) is 5.92. The molecule has 2 heterocycles. The van der Waals surface area contributed by atoms with Crippen LogP contribution in [0.25, 0.3) is 0 Å². The zero-order valence-corrected chi connectivity index (χ0v) is 13.2. The Labute approximate surface area is 144 Å². The molecule has 0 fully saturated rings. The number of halogens is 6. The Morgan fingerprint density at radius 3 is 2.15 bits per heavy atom. The van der Waals surface area contributed by atoms with Gasteiger partial charge in [0.1, 0.15) is 0 Å². The molecule has 0 radical (unpaired) electrons. The normalized spacial score (nSPS) is 15.5. The molecule has 1 aromatic heterocycles. The van der Waals surface area contributed by atoms with E-state index in [2.05, 4.69) is 5.10 Å². The van der Waals surface area contributed by atoms with Crippen molar-refractivity contribution >= 4 is 5.91 Å². The Balaban J connectivity index is 1.98. The Morgan fingerprint density at radius 2 is 1.58 bits per heavy atom. The fourth-order valence-electron chi connectivity index (χ4n) is 2.82. The van der Waals surface area contributed by atoms with Gasteiger partial charge in [-0.05, 0) is 30.7 Å². The predicted molar refractivity (Wildman–Crippen MR) is 78.0 cm³/mol. The van der Waals surface area contributed by atoms with Crippen LogP contribution in [0, 0.1) is 0 Å². The number of aryl methyl sites for hydroxylation is 1. The van der Waals surface area contributed by atoms with Gasteiger partial charge in [0.15, 0.2) is 0 Å². The van der Waals surface area contributed by atoms with E-state index in [4.69, 9.17) is 0 Å². The Bertz CT molecular complexity index is 792. The van der Waals surface area contributed by atoms with Crippen LogP contribution in [0.1, 0.15) is 33.6 Å². The van der Waals surface area contributed by atoms with Gasteiger partial charge in [-0.2, -0.15) is 31.4 Å². The van der Waals surface area contributed by atoms with Gasteiger partial charge in [-0.15, -0.1) is 0 Å². The molecule has 1 aliphatic rings. The van der Waals surface area contributed by atoms with E-state index in [1.54, 1.807) is 10.7 Å². The van der Waals surface area contributed by atoms with Crippen LogP contribution in [0.5, 0.6) is 0 Å². The van der Waals surface area contributed by atoms with E-state index < -0.39 is 35.0 Å². The molecule has 0 aliphatic carbocycles. The fourth-order valence-corrected chi connectivity index (χ4v) is 2.82. The summed E-state index contributed by atoms with van der Waals surface area (Å²) in [6.07, 6.45) is -7.97. The van der Waals surface area contributed by atoms with Crippen molar-refractivity contribution in [2.24, 2.45) is 0 Å². The molecule has 0 saturated heterocycles. The van der Waals surface area contributed by atoms with Gasteiger partial charge in [0.05, 0.1) is 23.4 Å². The van der Waals surface area contributed by atoms with Crippen molar-refractivity contribution in [2.75, 3.05) is 6.54 Å². The van der Waals surface area contributed by atoms with Crippen LogP contribution < -0.4 is 0 Å². The number of alkyl halides is 6. The minimum absolute atomic E-state index is 0.00821. The molecule has 0 N–H and O–H groups in total. The minimum Gasteiger partial charge on any atom is -0.333 e. The summed E-state index contributed by atoms with van der Waals surface area (Å²) in [6.45, 7) is 0.790. The number of aromatic nitrogens is 2. The first-order valence-corrected chi connectivity index (χ1v) is 7.65. The highest BCUT2D eigenvalue weighted by Crippen LogP contribution is 2.36. The van der Waals surface area contributed by atoms with Crippen molar-refractivity contribution in [3.8, 4) is 0 Å². The predicted octanol–water partition coefficient (Wildman–Crippen LogP) is 3.97. The number of nitrogens with zero attached hydrogens (tertiary/aromatic N) is 3. The topological polar surface area (TPSA) is 38.1 Å². The van der Waals surface area contributed by atoms with Crippen LogP contribution in [0.4, 0.5) is 26.3 Å². The SMILES string of the molecule is O=C(c1cc(C(F)(F)F)cc(C(F)(F)F)c1)N1CCCn2nccc2C1. The highest BCUT2D eigenvalue weighted by atomic mass is 19.4. The summed E-state index contributed by atoms with van der Waals surface area (Å²) < 4.78 is 79.4. The van der Waals surface area contributed by atoms with Crippen molar-refractivity contribution in [3.05, 3.63) is 52.8 Å². The van der Waals surface area contributed by atoms with Gasteiger partial charge in [-0.3, -0.25) is 9.48 Å². The van der Waals surface area contributed by atoms with Gasteiger partial charge >= 0.3 is 12.4 Å². The minimum atomic E-state index is -4.99. The zero-order valence-electron chi connectivity index (χ0n) is 13.2. The highest BCUT2D eigenvalue weighted by molar-refractivity contribution is 5.94. The second kappa shape index (κ2) is 6.33. The lowest BCUT2D eigenvalue weighted by atomic mass is 10.0. The molecular weight excluding hydrogens is 364 g/mol. The van der Waals surface area contributed by atoms with E-state index in [9.17, 15) is 31.1 Å². The lowest BCUT2D eigenvalue weighted by molar-refractivity contribution is -0.143. The number of rotatable bonds is 1. The molecule has 10 heteroatoms. The number of hydrogen-bond acceptors (Lipinski definition) is 2. The first kappa shape index (κ1) is 18.3. The molecule has 140 valence electrons. The van der Waals surface area contributed by atoms with E-state index in [0.717, 1.165) is 0 Å². The standard InChI is InChI=1S/C16H13F6N3O/c17-15(18,19)11-6-10(7-12(8-11)16(20,21)22)14(26)24-4-1-5-25-13(9-24)2-3-23-25/h2-3,6-8H,1,4-5,9H2. The van der Waals surface area contributed by atoms with Gasteiger partial charge in [-0.1, -0.05) is 0 Å². The van der Waals surface area contributed by atoms with Crippen LogP contribution in [0.15, 0.2) is 30.5 Å². The lowest BCUT2D eigenvalue weighted by Gasteiger charge is -2.21. The van der Waals surface area contributed by atoms with Crippen LogP contribution in [-0.2, 0) is 25.4 Å². The van der Waals surface area contributed by atoms with Gasteiger partial charge in [0.2, 0.25) is 0 Å². The fraction of sp³-hybridized carbons (Fsp3) is 0.375. The maximum absolute atomic E-state index is 13.0. The van der Waals surface area contributed by atoms with Crippen LogP contribution in [-0.4, -0.2) is 27.1 Å². The number of amides is 1. The smallest absolute Gasteiger partial charge is 0.333 e. The maximum Gasteiger partial charge on any atom is 0.416 e. The van der Waals surface area contributed by atoms with E-state index >= 15 is 0 Å². The quantitative estimate of drug-likeness (QED) is 0.706. The Hall–Kier alpha value is -2.52. The summed E-state index contributed by atoms with van der Waals surface area (Å²) >= 11 is 0. The second-order valence-corrected chi connectivity index (χ2v) is 5.92.